The minimum absolute atomic E-state index is 0.0689. The number of aromatic nitrogens is 1. The third-order valence-corrected chi connectivity index (χ3v) is 3.82. The first-order valence-electron chi connectivity index (χ1n) is 6.88. The minimum Gasteiger partial charge on any atom is -0.469 e. The highest BCUT2D eigenvalue weighted by molar-refractivity contribution is 5.79. The molecular weight excluding hydrogens is 256 g/mol. The number of rotatable bonds is 3. The number of nitrogens with zero attached hydrogens (tertiary/aromatic N) is 2. The third-order valence-electron chi connectivity index (χ3n) is 3.82. The third kappa shape index (κ3) is 3.35. The summed E-state index contributed by atoms with van der Waals surface area (Å²) in [5, 5.41) is 0. The van der Waals surface area contributed by atoms with Crippen molar-refractivity contribution in [1.82, 2.24) is 9.88 Å². The van der Waals surface area contributed by atoms with Gasteiger partial charge in [0.1, 0.15) is 0 Å². The molecule has 0 spiro atoms. The molecule has 0 radical (unpaired) electrons. The standard InChI is InChI=1S/C15H20N2O3/c1-11-4-3-7-16-13(11)10-14(18)17-8-5-12(6-9-17)15(19)20-2/h3-4,7,12H,5-6,8-10H2,1-2H3. The second-order valence-electron chi connectivity index (χ2n) is 5.12. The molecule has 0 aliphatic carbocycles. The van der Waals surface area contributed by atoms with E-state index in [-0.39, 0.29) is 17.8 Å². The van der Waals surface area contributed by atoms with Crippen LogP contribution in [0, 0.1) is 12.8 Å². The predicted molar refractivity (Wildman–Crippen MR) is 74.0 cm³/mol. The molecule has 20 heavy (non-hydrogen) atoms. The zero-order chi connectivity index (χ0) is 14.5. The van der Waals surface area contributed by atoms with Crippen LogP contribution in [0.2, 0.25) is 0 Å². The predicted octanol–water partition coefficient (Wildman–Crippen LogP) is 1.34. The van der Waals surface area contributed by atoms with Gasteiger partial charge in [-0.05, 0) is 31.4 Å². The van der Waals surface area contributed by atoms with E-state index in [1.165, 1.54) is 7.11 Å². The minimum atomic E-state index is -0.169. The fraction of sp³-hybridized carbons (Fsp3) is 0.533. The highest BCUT2D eigenvalue weighted by Gasteiger charge is 2.27. The van der Waals surface area contributed by atoms with Crippen molar-refractivity contribution in [3.63, 3.8) is 0 Å². The Morgan fingerprint density at radius 1 is 1.40 bits per heavy atom. The summed E-state index contributed by atoms with van der Waals surface area (Å²) in [5.74, 6) is -0.159. The summed E-state index contributed by atoms with van der Waals surface area (Å²) in [7, 11) is 1.41. The molecule has 1 aliphatic rings. The number of carbonyl (C=O) groups is 2. The fourth-order valence-electron chi connectivity index (χ4n) is 2.49. The zero-order valence-corrected chi connectivity index (χ0v) is 12.0. The molecule has 0 saturated carbocycles. The van der Waals surface area contributed by atoms with Crippen molar-refractivity contribution in [3.8, 4) is 0 Å². The van der Waals surface area contributed by atoms with E-state index in [0.29, 0.717) is 32.4 Å². The quantitative estimate of drug-likeness (QED) is 0.782. The topological polar surface area (TPSA) is 59.5 Å². The second-order valence-corrected chi connectivity index (χ2v) is 5.12. The van der Waals surface area contributed by atoms with Crippen molar-refractivity contribution in [2.75, 3.05) is 20.2 Å². The summed E-state index contributed by atoms with van der Waals surface area (Å²) in [6.45, 7) is 3.19. The Kier molecular flexibility index (Phi) is 4.71. The molecule has 1 saturated heterocycles. The van der Waals surface area contributed by atoms with Crippen molar-refractivity contribution < 1.29 is 14.3 Å². The number of piperidine rings is 1. The van der Waals surface area contributed by atoms with Crippen molar-refractivity contribution in [2.45, 2.75) is 26.2 Å². The monoisotopic (exact) mass is 276 g/mol. The highest BCUT2D eigenvalue weighted by Crippen LogP contribution is 2.19. The Labute approximate surface area is 118 Å². The maximum atomic E-state index is 12.2. The van der Waals surface area contributed by atoms with E-state index in [9.17, 15) is 9.59 Å². The van der Waals surface area contributed by atoms with Crippen LogP contribution >= 0.6 is 0 Å². The van der Waals surface area contributed by atoms with Crippen molar-refractivity contribution in [1.29, 1.82) is 0 Å². The molecular formula is C15H20N2O3. The van der Waals surface area contributed by atoms with Crippen LogP contribution < -0.4 is 0 Å². The number of aryl methyl sites for hydroxylation is 1. The summed E-state index contributed by atoms with van der Waals surface area (Å²) < 4.78 is 4.74. The van der Waals surface area contributed by atoms with E-state index < -0.39 is 0 Å². The Morgan fingerprint density at radius 3 is 2.70 bits per heavy atom. The Balaban J connectivity index is 1.89. The lowest BCUT2D eigenvalue weighted by Crippen LogP contribution is -2.41. The second kappa shape index (κ2) is 6.50. The van der Waals surface area contributed by atoms with Crippen molar-refractivity contribution >= 4 is 11.9 Å². The number of hydrogen-bond donors (Lipinski definition) is 0. The first kappa shape index (κ1) is 14.5. The first-order valence-corrected chi connectivity index (χ1v) is 6.88. The fourth-order valence-corrected chi connectivity index (χ4v) is 2.49. The Bertz CT molecular complexity index is 494. The molecule has 0 unspecified atom stereocenters. The van der Waals surface area contributed by atoms with E-state index in [2.05, 4.69) is 4.98 Å². The van der Waals surface area contributed by atoms with Gasteiger partial charge in [0.15, 0.2) is 0 Å². The maximum Gasteiger partial charge on any atom is 0.308 e. The Morgan fingerprint density at radius 2 is 2.10 bits per heavy atom. The van der Waals surface area contributed by atoms with Crippen LogP contribution in [0.3, 0.4) is 0 Å². The molecule has 1 amide bonds. The lowest BCUT2D eigenvalue weighted by molar-refractivity contribution is -0.148. The largest absolute Gasteiger partial charge is 0.469 e. The zero-order valence-electron chi connectivity index (χ0n) is 12.0. The molecule has 1 fully saturated rings. The molecule has 1 aromatic rings. The summed E-state index contributed by atoms with van der Waals surface area (Å²) in [5.41, 5.74) is 1.86. The summed E-state index contributed by atoms with van der Waals surface area (Å²) in [6, 6.07) is 3.82. The van der Waals surface area contributed by atoms with Gasteiger partial charge < -0.3 is 9.64 Å². The van der Waals surface area contributed by atoms with Crippen LogP contribution in [-0.2, 0) is 20.7 Å². The van der Waals surface area contributed by atoms with Crippen LogP contribution in [0.25, 0.3) is 0 Å². The van der Waals surface area contributed by atoms with E-state index in [4.69, 9.17) is 4.74 Å². The number of likely N-dealkylation sites (tertiary alicyclic amines) is 1. The van der Waals surface area contributed by atoms with E-state index in [0.717, 1.165) is 11.3 Å². The van der Waals surface area contributed by atoms with Gasteiger partial charge >= 0.3 is 5.97 Å². The van der Waals surface area contributed by atoms with Crippen molar-refractivity contribution in [2.24, 2.45) is 5.92 Å². The number of ether oxygens (including phenoxy) is 1. The number of methoxy groups -OCH3 is 1. The first-order chi connectivity index (χ1) is 9.61. The van der Waals surface area contributed by atoms with Crippen LogP contribution in [0.15, 0.2) is 18.3 Å². The molecule has 2 heterocycles. The smallest absolute Gasteiger partial charge is 0.308 e. The van der Waals surface area contributed by atoms with E-state index >= 15 is 0 Å². The molecule has 0 aromatic carbocycles. The number of hydrogen-bond acceptors (Lipinski definition) is 4. The summed E-state index contributed by atoms with van der Waals surface area (Å²) >= 11 is 0. The van der Waals surface area contributed by atoms with Gasteiger partial charge in [-0.15, -0.1) is 0 Å². The average molecular weight is 276 g/mol. The molecule has 5 nitrogen and oxygen atoms in total. The van der Waals surface area contributed by atoms with Crippen molar-refractivity contribution in [3.05, 3.63) is 29.6 Å². The number of carbonyl (C=O) groups excluding carboxylic acids is 2. The van der Waals surface area contributed by atoms with Gasteiger partial charge in [-0.3, -0.25) is 14.6 Å². The van der Waals surface area contributed by atoms with Gasteiger partial charge in [-0.1, -0.05) is 6.07 Å². The van der Waals surface area contributed by atoms with Gasteiger partial charge in [-0.2, -0.15) is 0 Å². The molecule has 5 heteroatoms. The van der Waals surface area contributed by atoms with Gasteiger partial charge in [0.05, 0.1) is 25.1 Å². The lowest BCUT2D eigenvalue weighted by atomic mass is 9.96. The molecule has 1 aromatic heterocycles. The number of esters is 1. The van der Waals surface area contributed by atoms with Gasteiger partial charge in [-0.25, -0.2) is 0 Å². The van der Waals surface area contributed by atoms with Crippen LogP contribution in [-0.4, -0.2) is 42.0 Å². The summed E-state index contributed by atoms with van der Waals surface area (Å²) in [6.07, 6.45) is 3.40. The SMILES string of the molecule is COC(=O)C1CCN(C(=O)Cc2ncccc2C)CC1. The van der Waals surface area contributed by atoms with E-state index in [1.54, 1.807) is 6.20 Å². The molecule has 0 atom stereocenters. The molecule has 1 aliphatic heterocycles. The highest BCUT2D eigenvalue weighted by atomic mass is 16.5. The van der Waals surface area contributed by atoms with Crippen LogP contribution in [0.1, 0.15) is 24.1 Å². The molecule has 2 rings (SSSR count). The number of pyridine rings is 1. The summed E-state index contributed by atoms with van der Waals surface area (Å²) in [4.78, 5) is 29.7. The number of amides is 1. The van der Waals surface area contributed by atoms with E-state index in [1.807, 2.05) is 24.0 Å². The maximum absolute atomic E-state index is 12.2. The van der Waals surface area contributed by atoms with Crippen LogP contribution in [0.4, 0.5) is 0 Å². The molecule has 0 N–H and O–H groups in total. The van der Waals surface area contributed by atoms with Gasteiger partial charge in [0.2, 0.25) is 5.91 Å². The molecule has 108 valence electrons. The normalized spacial score (nSPS) is 16.0. The van der Waals surface area contributed by atoms with Gasteiger partial charge in [0.25, 0.3) is 0 Å². The Hall–Kier alpha value is -1.91. The van der Waals surface area contributed by atoms with Crippen LogP contribution in [0.5, 0.6) is 0 Å². The van der Waals surface area contributed by atoms with Gasteiger partial charge in [0, 0.05) is 19.3 Å². The average Bonchev–Trinajstić information content (AvgIpc) is 2.49. The lowest BCUT2D eigenvalue weighted by Gasteiger charge is -2.30. The molecule has 0 bridgehead atoms.